The third-order valence-electron chi connectivity index (χ3n) is 7.42. The molecule has 190 valence electrons. The molecular weight excluding hydrogens is 491 g/mol. The monoisotopic (exact) mass is 524 g/mol. The Morgan fingerprint density at radius 1 is 1.11 bits per heavy atom. The predicted octanol–water partition coefficient (Wildman–Crippen LogP) is 5.88. The number of hydrogen-bond acceptors (Lipinski definition) is 7. The molecule has 36 heavy (non-hydrogen) atoms. The number of rotatable bonds is 6. The number of anilines is 5. The lowest BCUT2D eigenvalue weighted by molar-refractivity contribution is 0.129. The quantitative estimate of drug-likeness (QED) is 0.346. The zero-order valence-corrected chi connectivity index (χ0v) is 22.7. The van der Waals surface area contributed by atoms with Crippen molar-refractivity contribution in [2.45, 2.75) is 38.6 Å². The van der Waals surface area contributed by atoms with Gasteiger partial charge in [0.05, 0.1) is 11.9 Å². The third kappa shape index (κ3) is 5.24. The van der Waals surface area contributed by atoms with Crippen LogP contribution in [0.15, 0.2) is 48.7 Å². The number of nitrogens with zero attached hydrogens (tertiary/aromatic N) is 3. The fourth-order valence-corrected chi connectivity index (χ4v) is 6.71. The molecule has 1 saturated carbocycles. The first-order chi connectivity index (χ1) is 17.1. The van der Waals surface area contributed by atoms with Crippen LogP contribution >= 0.6 is 18.7 Å². The highest BCUT2D eigenvalue weighted by atomic mass is 35.5. The molecule has 0 amide bonds. The van der Waals surface area contributed by atoms with Crippen LogP contribution in [0.1, 0.15) is 31.2 Å². The van der Waals surface area contributed by atoms with Gasteiger partial charge in [-0.05, 0) is 81.8 Å². The Morgan fingerprint density at radius 3 is 2.53 bits per heavy atom. The van der Waals surface area contributed by atoms with E-state index >= 15 is 0 Å². The van der Waals surface area contributed by atoms with Crippen molar-refractivity contribution in [1.82, 2.24) is 9.97 Å². The van der Waals surface area contributed by atoms with E-state index in [0.29, 0.717) is 28.2 Å². The first-order valence-corrected chi connectivity index (χ1v) is 15.4. The summed E-state index contributed by atoms with van der Waals surface area (Å²) in [6, 6.07) is 14.3. The van der Waals surface area contributed by atoms with E-state index in [0.717, 1.165) is 42.6 Å². The van der Waals surface area contributed by atoms with Gasteiger partial charge in [0.25, 0.3) is 0 Å². The van der Waals surface area contributed by atoms with Gasteiger partial charge in [0.15, 0.2) is 5.82 Å². The zero-order chi connectivity index (χ0) is 25.5. The van der Waals surface area contributed by atoms with Crippen molar-refractivity contribution in [1.29, 1.82) is 0 Å². The maximum Gasteiger partial charge on any atom is 0.229 e. The maximum absolute atomic E-state index is 12.7. The van der Waals surface area contributed by atoms with E-state index in [1.54, 1.807) is 19.5 Å². The van der Waals surface area contributed by atoms with Gasteiger partial charge < -0.3 is 25.8 Å². The highest BCUT2D eigenvalue weighted by molar-refractivity contribution is 7.70. The molecule has 9 heteroatoms. The average Bonchev–Trinajstić information content (AvgIpc) is 2.81. The molecule has 1 spiro atoms. The minimum atomic E-state index is -2.48. The van der Waals surface area contributed by atoms with E-state index in [-0.39, 0.29) is 0 Å². The van der Waals surface area contributed by atoms with Gasteiger partial charge in [-0.2, -0.15) is 4.98 Å². The topological polar surface area (TPSA) is 96.2 Å². The molecule has 1 aliphatic heterocycles. The summed E-state index contributed by atoms with van der Waals surface area (Å²) in [7, 11) is -2.48. The van der Waals surface area contributed by atoms with E-state index in [9.17, 15) is 4.57 Å². The van der Waals surface area contributed by atoms with Crippen LogP contribution in [0.4, 0.5) is 28.8 Å². The Bertz CT molecular complexity index is 1310. The molecule has 2 aromatic carbocycles. The fraction of sp³-hybridized carbons (Fsp3) is 0.407. The van der Waals surface area contributed by atoms with Crippen molar-refractivity contribution < 1.29 is 4.57 Å². The molecule has 5 rings (SSSR count). The number of halogens is 1. The van der Waals surface area contributed by atoms with Crippen molar-refractivity contribution in [2.75, 3.05) is 42.0 Å². The number of nitrogens with two attached hydrogens (primary N) is 1. The minimum absolute atomic E-state index is 0.386. The summed E-state index contributed by atoms with van der Waals surface area (Å²) in [6.07, 6.45) is 6.35. The Kier molecular flexibility index (Phi) is 6.75. The van der Waals surface area contributed by atoms with E-state index in [4.69, 9.17) is 17.3 Å². The second-order valence-electron chi connectivity index (χ2n) is 10.7. The normalized spacial score (nSPS) is 17.6. The molecule has 3 aromatic rings. The Labute approximate surface area is 218 Å². The van der Waals surface area contributed by atoms with Crippen LogP contribution in [0.25, 0.3) is 0 Å². The van der Waals surface area contributed by atoms with Gasteiger partial charge in [0.2, 0.25) is 5.95 Å². The van der Waals surface area contributed by atoms with Gasteiger partial charge in [-0.15, -0.1) is 0 Å². The first-order valence-electron chi connectivity index (χ1n) is 12.4. The highest BCUT2D eigenvalue weighted by Gasteiger charge is 2.44. The predicted molar refractivity (Wildman–Crippen MR) is 151 cm³/mol. The molecule has 2 heterocycles. The third-order valence-corrected chi connectivity index (χ3v) is 9.25. The lowest BCUT2D eigenvalue weighted by Gasteiger charge is -2.54. The van der Waals surface area contributed by atoms with E-state index in [1.165, 1.54) is 24.1 Å². The van der Waals surface area contributed by atoms with Gasteiger partial charge in [-0.1, -0.05) is 23.7 Å². The van der Waals surface area contributed by atoms with Gasteiger partial charge >= 0.3 is 0 Å². The largest absolute Gasteiger partial charge is 0.370 e. The standard InChI is InChI=1S/C27H34ClN6OP/c1-18-14-20(8-9-23(18)34-16-27(17-34)12-10-19(29)11-13-27)31-26-30-15-21(28)25(33-26)32-22-6-4-5-7-24(22)36(2,3)35/h4-9,14-15,19H,10-13,16-17,29H2,1-3H3,(H2,30,31,32,33). The van der Waals surface area contributed by atoms with Crippen LogP contribution < -0.4 is 26.6 Å². The average molecular weight is 525 g/mol. The van der Waals surface area contributed by atoms with Crippen molar-refractivity contribution in [3.63, 3.8) is 0 Å². The maximum atomic E-state index is 12.7. The smallest absolute Gasteiger partial charge is 0.229 e. The molecule has 2 aliphatic rings. The van der Waals surface area contributed by atoms with Crippen LogP contribution in [0.2, 0.25) is 5.02 Å². The molecule has 0 radical (unpaired) electrons. The molecule has 4 N–H and O–H groups in total. The SMILES string of the molecule is Cc1cc(Nc2ncc(Cl)c(Nc3ccccc3P(C)(C)=O)n2)ccc1N1CC2(CCC(N)CC2)C1. The summed E-state index contributed by atoms with van der Waals surface area (Å²) in [5, 5.41) is 7.69. The number of para-hydroxylation sites is 1. The van der Waals surface area contributed by atoms with Crippen molar-refractivity contribution in [2.24, 2.45) is 11.1 Å². The van der Waals surface area contributed by atoms with Crippen LogP contribution in [0.3, 0.4) is 0 Å². The lowest BCUT2D eigenvalue weighted by atomic mass is 9.67. The molecule has 1 aliphatic carbocycles. The summed E-state index contributed by atoms with van der Waals surface area (Å²) in [5.74, 6) is 0.894. The van der Waals surface area contributed by atoms with Crippen molar-refractivity contribution in [3.05, 3.63) is 59.2 Å². The van der Waals surface area contributed by atoms with Crippen LogP contribution in [0.5, 0.6) is 0 Å². The van der Waals surface area contributed by atoms with Crippen LogP contribution in [-0.4, -0.2) is 42.4 Å². The van der Waals surface area contributed by atoms with E-state index in [2.05, 4.69) is 50.6 Å². The lowest BCUT2D eigenvalue weighted by Crippen LogP contribution is -2.58. The first kappa shape index (κ1) is 25.1. The number of aromatic nitrogens is 2. The van der Waals surface area contributed by atoms with Crippen LogP contribution in [0, 0.1) is 12.3 Å². The second-order valence-corrected chi connectivity index (χ2v) is 14.3. The summed E-state index contributed by atoms with van der Waals surface area (Å²) in [4.78, 5) is 11.4. The molecule has 2 fully saturated rings. The molecule has 1 saturated heterocycles. The van der Waals surface area contributed by atoms with Gasteiger partial charge in [0, 0.05) is 41.2 Å². The van der Waals surface area contributed by atoms with Gasteiger partial charge in [0.1, 0.15) is 12.2 Å². The number of aryl methyl sites for hydroxylation is 1. The summed E-state index contributed by atoms with van der Waals surface area (Å²) < 4.78 is 12.7. The Morgan fingerprint density at radius 2 is 1.83 bits per heavy atom. The number of hydrogen-bond donors (Lipinski definition) is 3. The Hall–Kier alpha value is -2.60. The molecule has 0 bridgehead atoms. The molecular formula is C27H34ClN6OP. The molecule has 0 unspecified atom stereocenters. The molecule has 7 nitrogen and oxygen atoms in total. The highest BCUT2D eigenvalue weighted by Crippen LogP contribution is 2.46. The zero-order valence-electron chi connectivity index (χ0n) is 21.1. The van der Waals surface area contributed by atoms with Gasteiger partial charge in [-0.25, -0.2) is 4.98 Å². The Balaban J connectivity index is 1.29. The van der Waals surface area contributed by atoms with E-state index in [1.807, 2.05) is 24.3 Å². The fourth-order valence-electron chi connectivity index (χ4n) is 5.41. The number of nitrogens with one attached hydrogen (secondary N) is 2. The molecule has 0 atom stereocenters. The van der Waals surface area contributed by atoms with Crippen molar-refractivity contribution in [3.8, 4) is 0 Å². The van der Waals surface area contributed by atoms with Crippen LogP contribution in [-0.2, 0) is 4.57 Å². The summed E-state index contributed by atoms with van der Waals surface area (Å²) >= 11 is 6.39. The molecule has 1 aromatic heterocycles. The minimum Gasteiger partial charge on any atom is -0.370 e. The van der Waals surface area contributed by atoms with Gasteiger partial charge in [-0.3, -0.25) is 0 Å². The number of benzene rings is 2. The van der Waals surface area contributed by atoms with E-state index < -0.39 is 7.14 Å². The summed E-state index contributed by atoms with van der Waals surface area (Å²) in [5.41, 5.74) is 10.7. The second kappa shape index (κ2) is 9.70. The summed E-state index contributed by atoms with van der Waals surface area (Å²) in [6.45, 7) is 7.87. The van der Waals surface area contributed by atoms with Crippen molar-refractivity contribution >= 4 is 52.9 Å².